The van der Waals surface area contributed by atoms with E-state index in [0.717, 1.165) is 11.8 Å². The maximum atomic E-state index is 12.7. The van der Waals surface area contributed by atoms with Gasteiger partial charge in [-0.2, -0.15) is 0 Å². The van der Waals surface area contributed by atoms with E-state index in [2.05, 4.69) is 20.2 Å². The second kappa shape index (κ2) is 7.00. The van der Waals surface area contributed by atoms with Gasteiger partial charge < -0.3 is 9.72 Å². The number of carbonyl (C=O) groups excluding carboxylic acids is 2. The summed E-state index contributed by atoms with van der Waals surface area (Å²) in [6.07, 6.45) is 0. The van der Waals surface area contributed by atoms with Crippen LogP contribution in [0.15, 0.2) is 9.95 Å². The molecule has 0 aliphatic rings. The van der Waals surface area contributed by atoms with Crippen molar-refractivity contribution in [1.82, 2.24) is 20.2 Å². The van der Waals surface area contributed by atoms with Crippen molar-refractivity contribution in [1.29, 1.82) is 0 Å². The van der Waals surface area contributed by atoms with Gasteiger partial charge in [0.05, 0.1) is 23.6 Å². The number of ketones is 1. The molecular weight excluding hydrogens is 332 g/mol. The lowest BCUT2D eigenvalue weighted by Gasteiger charge is -2.09. The molecule has 0 aliphatic carbocycles. The highest BCUT2D eigenvalue weighted by Gasteiger charge is 2.26. The molecule has 0 bridgehead atoms. The summed E-state index contributed by atoms with van der Waals surface area (Å²) in [5.41, 5.74) is 1.74. The van der Waals surface area contributed by atoms with Crippen LogP contribution in [0.4, 0.5) is 0 Å². The van der Waals surface area contributed by atoms with Crippen LogP contribution in [0.25, 0.3) is 0 Å². The molecule has 2 heterocycles. The van der Waals surface area contributed by atoms with E-state index in [0.29, 0.717) is 22.5 Å². The zero-order chi connectivity index (χ0) is 18.0. The van der Waals surface area contributed by atoms with E-state index in [-0.39, 0.29) is 22.2 Å². The first-order chi connectivity index (χ1) is 11.3. The minimum atomic E-state index is -0.528. The monoisotopic (exact) mass is 350 g/mol. The van der Waals surface area contributed by atoms with Crippen LogP contribution in [0, 0.1) is 20.8 Å². The summed E-state index contributed by atoms with van der Waals surface area (Å²) in [5.74, 6) is -0.701. The first kappa shape index (κ1) is 17.9. The summed E-state index contributed by atoms with van der Waals surface area (Å²) in [6, 6.07) is 0. The molecule has 2 aromatic rings. The lowest BCUT2D eigenvalue weighted by molar-refractivity contribution is 0.0599. The molecule has 0 unspecified atom stereocenters. The third-order valence-corrected chi connectivity index (χ3v) is 4.55. The number of ether oxygens (including phenoxy) is 1. The zero-order valence-corrected chi connectivity index (χ0v) is 14.8. The Kier molecular flexibility index (Phi) is 5.23. The standard InChI is InChI=1S/C15H18N4O4S/c1-6-10(14(22)23-5)7(2)16-11(6)12(20)9(4)24-15-17-13(21)8(3)18-19-15/h9,16H,1-5H3,(H,17,19,21)/t9-/m0/s1. The SMILES string of the molecule is COC(=O)c1c(C)[nH]c(C(=O)[C@H](C)Sc2nnc(C)c(=O)[nH]2)c1C. The first-order valence-corrected chi connectivity index (χ1v) is 8.06. The number of methoxy groups -OCH3 is 1. The molecule has 0 saturated heterocycles. The van der Waals surface area contributed by atoms with Crippen LogP contribution in [-0.2, 0) is 4.74 Å². The van der Waals surface area contributed by atoms with E-state index in [1.165, 1.54) is 7.11 Å². The Morgan fingerprint density at radius 2 is 1.83 bits per heavy atom. The third kappa shape index (κ3) is 3.40. The summed E-state index contributed by atoms with van der Waals surface area (Å²) < 4.78 is 4.74. The van der Waals surface area contributed by atoms with E-state index in [1.54, 1.807) is 27.7 Å². The second-order valence-corrected chi connectivity index (χ2v) is 6.62. The lowest BCUT2D eigenvalue weighted by Crippen LogP contribution is -2.19. The number of thioether (sulfide) groups is 1. The number of nitrogens with zero attached hydrogens (tertiary/aromatic N) is 2. The fraction of sp³-hybridized carbons (Fsp3) is 0.400. The normalized spacial score (nSPS) is 12.0. The molecule has 0 amide bonds. The van der Waals surface area contributed by atoms with Crippen LogP contribution in [0.5, 0.6) is 0 Å². The van der Waals surface area contributed by atoms with Gasteiger partial charge >= 0.3 is 5.97 Å². The topological polar surface area (TPSA) is 118 Å². The van der Waals surface area contributed by atoms with Gasteiger partial charge in [0, 0.05) is 5.69 Å². The van der Waals surface area contributed by atoms with Gasteiger partial charge in [-0.15, -0.1) is 10.2 Å². The van der Waals surface area contributed by atoms with Gasteiger partial charge in [0.2, 0.25) is 0 Å². The highest BCUT2D eigenvalue weighted by atomic mass is 32.2. The van der Waals surface area contributed by atoms with Crippen LogP contribution >= 0.6 is 11.8 Å². The van der Waals surface area contributed by atoms with E-state index in [4.69, 9.17) is 4.74 Å². The van der Waals surface area contributed by atoms with E-state index < -0.39 is 11.2 Å². The van der Waals surface area contributed by atoms with Crippen molar-refractivity contribution in [2.24, 2.45) is 0 Å². The van der Waals surface area contributed by atoms with Crippen molar-refractivity contribution >= 4 is 23.5 Å². The Labute approximate surface area is 142 Å². The predicted octanol–water partition coefficient (Wildman–Crippen LogP) is 1.57. The van der Waals surface area contributed by atoms with Crippen LogP contribution in [-0.4, -0.2) is 44.3 Å². The number of esters is 1. The zero-order valence-electron chi connectivity index (χ0n) is 14.0. The third-order valence-electron chi connectivity index (χ3n) is 3.57. The highest BCUT2D eigenvalue weighted by Crippen LogP contribution is 2.25. The summed E-state index contributed by atoms with van der Waals surface area (Å²) in [4.78, 5) is 41.5. The van der Waals surface area contributed by atoms with E-state index >= 15 is 0 Å². The largest absolute Gasteiger partial charge is 0.465 e. The van der Waals surface area contributed by atoms with Crippen molar-refractivity contribution in [3.8, 4) is 0 Å². The first-order valence-electron chi connectivity index (χ1n) is 7.18. The summed E-state index contributed by atoms with van der Waals surface area (Å²) in [5, 5.41) is 7.34. The minimum Gasteiger partial charge on any atom is -0.465 e. The van der Waals surface area contributed by atoms with Gasteiger partial charge in [-0.1, -0.05) is 11.8 Å². The van der Waals surface area contributed by atoms with Gasteiger partial charge in [0.25, 0.3) is 5.56 Å². The summed E-state index contributed by atoms with van der Waals surface area (Å²) in [6.45, 7) is 6.64. The number of rotatable bonds is 5. The van der Waals surface area contributed by atoms with Crippen molar-refractivity contribution in [2.45, 2.75) is 38.1 Å². The maximum Gasteiger partial charge on any atom is 0.339 e. The van der Waals surface area contributed by atoms with Crippen LogP contribution in [0.3, 0.4) is 0 Å². The number of aromatic amines is 2. The predicted molar refractivity (Wildman–Crippen MR) is 88.6 cm³/mol. The Hall–Kier alpha value is -2.42. The Bertz CT molecular complexity index is 856. The summed E-state index contributed by atoms with van der Waals surface area (Å²) >= 11 is 1.09. The number of carbonyl (C=O) groups is 2. The van der Waals surface area contributed by atoms with Crippen molar-refractivity contribution in [3.05, 3.63) is 38.6 Å². The van der Waals surface area contributed by atoms with E-state index in [9.17, 15) is 14.4 Å². The highest BCUT2D eigenvalue weighted by molar-refractivity contribution is 8.00. The number of aryl methyl sites for hydroxylation is 2. The number of H-pyrrole nitrogens is 2. The molecule has 0 aromatic carbocycles. The molecule has 0 aliphatic heterocycles. The van der Waals surface area contributed by atoms with Crippen LogP contribution < -0.4 is 5.56 Å². The molecule has 0 spiro atoms. The molecule has 0 saturated carbocycles. The van der Waals surface area contributed by atoms with Crippen LogP contribution in [0.2, 0.25) is 0 Å². The van der Waals surface area contributed by atoms with Crippen molar-refractivity contribution in [3.63, 3.8) is 0 Å². The number of aromatic nitrogens is 4. The molecule has 0 fully saturated rings. The molecule has 8 nitrogen and oxygen atoms in total. The van der Waals surface area contributed by atoms with E-state index in [1.807, 2.05) is 0 Å². The quantitative estimate of drug-likeness (QED) is 0.477. The number of hydrogen-bond donors (Lipinski definition) is 2. The van der Waals surface area contributed by atoms with Gasteiger partial charge in [-0.25, -0.2) is 4.79 Å². The maximum absolute atomic E-state index is 12.7. The Balaban J connectivity index is 2.26. The fourth-order valence-corrected chi connectivity index (χ4v) is 3.06. The molecule has 1 atom stereocenters. The number of hydrogen-bond acceptors (Lipinski definition) is 7. The molecule has 128 valence electrons. The minimum absolute atomic E-state index is 0.209. The van der Waals surface area contributed by atoms with Crippen molar-refractivity contribution in [2.75, 3.05) is 7.11 Å². The average molecular weight is 350 g/mol. The molecular formula is C15H18N4O4S. The Morgan fingerprint density at radius 3 is 2.42 bits per heavy atom. The number of Topliss-reactive ketones (excluding diaryl/α,β-unsaturated/α-hetero) is 1. The van der Waals surface area contributed by atoms with Gasteiger partial charge in [-0.05, 0) is 33.3 Å². The fourth-order valence-electron chi connectivity index (χ4n) is 2.26. The lowest BCUT2D eigenvalue weighted by atomic mass is 10.1. The van der Waals surface area contributed by atoms with Crippen LogP contribution in [0.1, 0.15) is 44.7 Å². The molecule has 24 heavy (non-hydrogen) atoms. The van der Waals surface area contributed by atoms with Gasteiger partial charge in [0.15, 0.2) is 10.9 Å². The molecule has 9 heteroatoms. The second-order valence-electron chi connectivity index (χ2n) is 5.29. The molecule has 2 N–H and O–H groups in total. The van der Waals surface area contributed by atoms with Gasteiger partial charge in [0.1, 0.15) is 5.69 Å². The molecule has 2 aromatic heterocycles. The molecule has 2 rings (SSSR count). The molecule has 0 radical (unpaired) electrons. The number of nitrogens with one attached hydrogen (secondary N) is 2. The smallest absolute Gasteiger partial charge is 0.339 e. The summed E-state index contributed by atoms with van der Waals surface area (Å²) in [7, 11) is 1.29. The van der Waals surface area contributed by atoms with Gasteiger partial charge in [-0.3, -0.25) is 14.6 Å². The van der Waals surface area contributed by atoms with Crippen molar-refractivity contribution < 1.29 is 14.3 Å². The Morgan fingerprint density at radius 1 is 1.17 bits per heavy atom. The average Bonchev–Trinajstić information content (AvgIpc) is 2.84.